The van der Waals surface area contributed by atoms with Crippen molar-refractivity contribution < 1.29 is 0 Å². The SMILES string of the molecule is CCc1ccccc1C(NN)C1CCCCCC1. The topological polar surface area (TPSA) is 38.0 Å². The van der Waals surface area contributed by atoms with Gasteiger partial charge in [0.1, 0.15) is 0 Å². The molecule has 0 radical (unpaired) electrons. The fraction of sp³-hybridized carbons (Fsp3) is 0.625. The van der Waals surface area contributed by atoms with E-state index in [0.29, 0.717) is 12.0 Å². The zero-order valence-corrected chi connectivity index (χ0v) is 11.5. The van der Waals surface area contributed by atoms with Crippen molar-refractivity contribution in [3.8, 4) is 0 Å². The van der Waals surface area contributed by atoms with Gasteiger partial charge >= 0.3 is 0 Å². The Bertz CT molecular complexity index is 354. The molecule has 0 bridgehead atoms. The quantitative estimate of drug-likeness (QED) is 0.483. The van der Waals surface area contributed by atoms with E-state index < -0.39 is 0 Å². The summed E-state index contributed by atoms with van der Waals surface area (Å²) in [5, 5.41) is 0. The lowest BCUT2D eigenvalue weighted by Crippen LogP contribution is -2.34. The van der Waals surface area contributed by atoms with Gasteiger partial charge in [-0.25, -0.2) is 0 Å². The van der Waals surface area contributed by atoms with Gasteiger partial charge in [0, 0.05) is 6.04 Å². The summed E-state index contributed by atoms with van der Waals surface area (Å²) in [5.41, 5.74) is 5.94. The highest BCUT2D eigenvalue weighted by molar-refractivity contribution is 5.30. The summed E-state index contributed by atoms with van der Waals surface area (Å²) in [6, 6.07) is 9.07. The van der Waals surface area contributed by atoms with E-state index in [-0.39, 0.29) is 0 Å². The largest absolute Gasteiger partial charge is 0.271 e. The zero-order valence-electron chi connectivity index (χ0n) is 11.5. The van der Waals surface area contributed by atoms with E-state index in [0.717, 1.165) is 6.42 Å². The molecule has 0 spiro atoms. The molecule has 1 aliphatic rings. The normalized spacial score (nSPS) is 19.4. The predicted octanol–water partition coefficient (Wildman–Crippen LogP) is 3.72. The van der Waals surface area contributed by atoms with Crippen molar-refractivity contribution in [2.75, 3.05) is 0 Å². The van der Waals surface area contributed by atoms with Crippen molar-refractivity contribution in [1.82, 2.24) is 5.43 Å². The van der Waals surface area contributed by atoms with Crippen molar-refractivity contribution in [1.29, 1.82) is 0 Å². The molecule has 1 atom stereocenters. The van der Waals surface area contributed by atoms with Gasteiger partial charge in [-0.05, 0) is 36.3 Å². The van der Waals surface area contributed by atoms with Crippen LogP contribution in [0.4, 0.5) is 0 Å². The molecule has 1 aromatic carbocycles. The van der Waals surface area contributed by atoms with Crippen molar-refractivity contribution in [3.05, 3.63) is 35.4 Å². The second-order valence-corrected chi connectivity index (χ2v) is 5.45. The average molecular weight is 246 g/mol. The van der Waals surface area contributed by atoms with Crippen LogP contribution in [0.2, 0.25) is 0 Å². The molecule has 0 heterocycles. The Kier molecular flexibility index (Phi) is 5.21. The van der Waals surface area contributed by atoms with Crippen LogP contribution in [0.25, 0.3) is 0 Å². The summed E-state index contributed by atoms with van der Waals surface area (Å²) < 4.78 is 0. The van der Waals surface area contributed by atoms with Gasteiger partial charge < -0.3 is 0 Å². The van der Waals surface area contributed by atoms with Gasteiger partial charge in [-0.3, -0.25) is 11.3 Å². The number of benzene rings is 1. The lowest BCUT2D eigenvalue weighted by atomic mass is 9.85. The van der Waals surface area contributed by atoms with Gasteiger partial charge in [0.25, 0.3) is 0 Å². The number of hydrogen-bond acceptors (Lipinski definition) is 2. The lowest BCUT2D eigenvalue weighted by molar-refractivity contribution is 0.327. The number of nitrogens with two attached hydrogens (primary N) is 1. The van der Waals surface area contributed by atoms with Gasteiger partial charge in [-0.2, -0.15) is 0 Å². The molecule has 0 aliphatic heterocycles. The standard InChI is InChI=1S/C16H26N2/c1-2-13-9-7-8-12-15(13)16(18-17)14-10-5-3-4-6-11-14/h7-9,12,14,16,18H,2-6,10-11,17H2,1H3. The smallest absolute Gasteiger partial charge is 0.0490 e. The maximum atomic E-state index is 5.86. The third-order valence-electron chi connectivity index (χ3n) is 4.32. The van der Waals surface area contributed by atoms with Crippen LogP contribution in [0.3, 0.4) is 0 Å². The van der Waals surface area contributed by atoms with E-state index in [2.05, 4.69) is 36.6 Å². The summed E-state index contributed by atoms with van der Waals surface area (Å²) in [5.74, 6) is 6.56. The molecule has 1 aliphatic carbocycles. The van der Waals surface area contributed by atoms with Crippen molar-refractivity contribution >= 4 is 0 Å². The minimum Gasteiger partial charge on any atom is -0.271 e. The molecule has 18 heavy (non-hydrogen) atoms. The summed E-state index contributed by atoms with van der Waals surface area (Å²) in [4.78, 5) is 0. The monoisotopic (exact) mass is 246 g/mol. The van der Waals surface area contributed by atoms with Gasteiger partial charge in [0.2, 0.25) is 0 Å². The number of rotatable bonds is 4. The zero-order chi connectivity index (χ0) is 12.8. The second kappa shape index (κ2) is 6.91. The summed E-state index contributed by atoms with van der Waals surface area (Å²) in [7, 11) is 0. The first kappa shape index (κ1) is 13.6. The fourth-order valence-electron chi connectivity index (χ4n) is 3.28. The summed E-state index contributed by atoms with van der Waals surface area (Å²) >= 11 is 0. The molecule has 3 N–H and O–H groups in total. The average Bonchev–Trinajstić information content (AvgIpc) is 2.69. The number of aryl methyl sites for hydroxylation is 1. The summed E-state index contributed by atoms with van der Waals surface area (Å²) in [6.07, 6.45) is 9.21. The van der Waals surface area contributed by atoms with Crippen LogP contribution >= 0.6 is 0 Å². The number of hydrazine groups is 1. The Morgan fingerprint density at radius 1 is 1.17 bits per heavy atom. The van der Waals surface area contributed by atoms with Crippen LogP contribution in [0, 0.1) is 5.92 Å². The minimum absolute atomic E-state index is 0.333. The molecule has 100 valence electrons. The highest BCUT2D eigenvalue weighted by Crippen LogP contribution is 2.34. The van der Waals surface area contributed by atoms with Crippen LogP contribution < -0.4 is 11.3 Å². The van der Waals surface area contributed by atoms with Crippen LogP contribution in [0.1, 0.15) is 62.6 Å². The van der Waals surface area contributed by atoms with Crippen LogP contribution in [-0.2, 0) is 6.42 Å². The highest BCUT2D eigenvalue weighted by atomic mass is 15.2. The van der Waals surface area contributed by atoms with Gasteiger partial charge in [-0.1, -0.05) is 56.9 Å². The van der Waals surface area contributed by atoms with Crippen LogP contribution in [0.5, 0.6) is 0 Å². The summed E-state index contributed by atoms with van der Waals surface area (Å²) in [6.45, 7) is 2.22. The molecule has 0 aromatic heterocycles. The van der Waals surface area contributed by atoms with Crippen molar-refractivity contribution in [2.45, 2.75) is 57.9 Å². The van der Waals surface area contributed by atoms with Gasteiger partial charge in [0.05, 0.1) is 0 Å². The molecule has 2 nitrogen and oxygen atoms in total. The van der Waals surface area contributed by atoms with E-state index in [1.54, 1.807) is 0 Å². The first-order chi connectivity index (χ1) is 8.86. The fourth-order valence-corrected chi connectivity index (χ4v) is 3.28. The van der Waals surface area contributed by atoms with E-state index >= 15 is 0 Å². The number of hydrogen-bond donors (Lipinski definition) is 2. The van der Waals surface area contributed by atoms with E-state index in [9.17, 15) is 0 Å². The minimum atomic E-state index is 0.333. The van der Waals surface area contributed by atoms with Crippen molar-refractivity contribution in [2.24, 2.45) is 11.8 Å². The Balaban J connectivity index is 2.20. The lowest BCUT2D eigenvalue weighted by Gasteiger charge is -2.27. The first-order valence-corrected chi connectivity index (χ1v) is 7.40. The Hall–Kier alpha value is -0.860. The molecule has 1 fully saturated rings. The second-order valence-electron chi connectivity index (χ2n) is 5.45. The third-order valence-corrected chi connectivity index (χ3v) is 4.32. The molecule has 1 unspecified atom stereocenters. The Morgan fingerprint density at radius 2 is 1.83 bits per heavy atom. The Morgan fingerprint density at radius 3 is 2.44 bits per heavy atom. The maximum Gasteiger partial charge on any atom is 0.0490 e. The third kappa shape index (κ3) is 3.12. The molecular formula is C16H26N2. The number of nitrogens with one attached hydrogen (secondary N) is 1. The first-order valence-electron chi connectivity index (χ1n) is 7.40. The van der Waals surface area contributed by atoms with E-state index in [1.807, 2.05) is 0 Å². The molecule has 1 saturated carbocycles. The van der Waals surface area contributed by atoms with Gasteiger partial charge in [0.15, 0.2) is 0 Å². The van der Waals surface area contributed by atoms with Crippen molar-refractivity contribution in [3.63, 3.8) is 0 Å². The van der Waals surface area contributed by atoms with E-state index in [1.165, 1.54) is 49.7 Å². The van der Waals surface area contributed by atoms with Gasteiger partial charge in [-0.15, -0.1) is 0 Å². The highest BCUT2D eigenvalue weighted by Gasteiger charge is 2.24. The molecular weight excluding hydrogens is 220 g/mol. The molecule has 2 heteroatoms. The molecule has 1 aromatic rings. The Labute approximate surface area is 111 Å². The molecule has 0 amide bonds. The molecule has 2 rings (SSSR count). The predicted molar refractivity (Wildman–Crippen MR) is 77.1 cm³/mol. The molecule has 0 saturated heterocycles. The maximum absolute atomic E-state index is 5.86. The van der Waals surface area contributed by atoms with Crippen LogP contribution in [0.15, 0.2) is 24.3 Å². The van der Waals surface area contributed by atoms with E-state index in [4.69, 9.17) is 5.84 Å². The van der Waals surface area contributed by atoms with Crippen LogP contribution in [-0.4, -0.2) is 0 Å².